The van der Waals surface area contributed by atoms with Crippen LogP contribution in [0.5, 0.6) is 0 Å². The van der Waals surface area contributed by atoms with E-state index in [0.717, 1.165) is 16.7 Å². The van der Waals surface area contributed by atoms with Crippen molar-refractivity contribution >= 4 is 27.3 Å². The number of rotatable bonds is 5. The lowest BCUT2D eigenvalue weighted by atomic mass is 10.1. The molecule has 0 spiro atoms. The lowest BCUT2D eigenvalue weighted by Crippen LogP contribution is -2.38. The Bertz CT molecular complexity index is 430. The van der Waals surface area contributed by atoms with E-state index in [1.807, 2.05) is 0 Å². The second-order valence-electron chi connectivity index (χ2n) is 5.02. The van der Waals surface area contributed by atoms with Crippen LogP contribution in [0.3, 0.4) is 0 Å². The monoisotopic (exact) mass is 315 g/mol. The predicted molar refractivity (Wildman–Crippen MR) is 77.0 cm³/mol. The molecule has 2 N–H and O–H groups in total. The van der Waals surface area contributed by atoms with Crippen LogP contribution >= 0.6 is 15.9 Å². The highest BCUT2D eigenvalue weighted by Crippen LogP contribution is 2.26. The number of nitrogens with one attached hydrogen (secondary N) is 2. The molecule has 5 nitrogen and oxygen atoms in total. The van der Waals surface area contributed by atoms with Crippen molar-refractivity contribution in [2.24, 2.45) is 0 Å². The highest BCUT2D eigenvalue weighted by Gasteiger charge is 2.10. The second kappa shape index (κ2) is 6.15. The molecule has 0 radical (unpaired) electrons. The molecular formula is C12H18BrN3O2. The largest absolute Gasteiger partial charge is 0.383 e. The molecule has 18 heavy (non-hydrogen) atoms. The summed E-state index contributed by atoms with van der Waals surface area (Å²) in [6.45, 7) is 7.78. The molecule has 0 aliphatic heterocycles. The molecule has 6 heteroatoms. The Hall–Kier alpha value is -1.14. The molecule has 1 aromatic carbocycles. The van der Waals surface area contributed by atoms with E-state index in [2.05, 4.69) is 47.3 Å². The van der Waals surface area contributed by atoms with Crippen molar-refractivity contribution < 1.29 is 4.92 Å². The van der Waals surface area contributed by atoms with Gasteiger partial charge in [0.2, 0.25) is 0 Å². The summed E-state index contributed by atoms with van der Waals surface area (Å²) < 4.78 is 0.823. The molecule has 0 fully saturated rings. The summed E-state index contributed by atoms with van der Waals surface area (Å²) in [5.41, 5.74) is 0.895. The highest BCUT2D eigenvalue weighted by molar-refractivity contribution is 9.10. The number of nitro groups is 1. The summed E-state index contributed by atoms with van der Waals surface area (Å²) in [5, 5.41) is 17.2. The first-order valence-corrected chi connectivity index (χ1v) is 6.52. The van der Waals surface area contributed by atoms with Gasteiger partial charge in [-0.05, 0) is 42.8 Å². The van der Waals surface area contributed by atoms with E-state index in [4.69, 9.17) is 0 Å². The number of anilines is 1. The van der Waals surface area contributed by atoms with E-state index in [9.17, 15) is 10.1 Å². The Morgan fingerprint density at radius 3 is 2.56 bits per heavy atom. The zero-order chi connectivity index (χ0) is 13.8. The lowest BCUT2D eigenvalue weighted by Gasteiger charge is -2.20. The fourth-order valence-electron chi connectivity index (χ4n) is 1.40. The Kier molecular flexibility index (Phi) is 5.10. The molecule has 0 aliphatic carbocycles. The van der Waals surface area contributed by atoms with Crippen molar-refractivity contribution in [3.63, 3.8) is 0 Å². The van der Waals surface area contributed by atoms with Crippen LogP contribution in [0.2, 0.25) is 0 Å². The zero-order valence-corrected chi connectivity index (χ0v) is 12.4. The van der Waals surface area contributed by atoms with Crippen molar-refractivity contribution in [3.05, 3.63) is 32.8 Å². The summed E-state index contributed by atoms with van der Waals surface area (Å²) in [4.78, 5) is 10.3. The first-order valence-electron chi connectivity index (χ1n) is 5.72. The van der Waals surface area contributed by atoms with Crippen LogP contribution in [-0.4, -0.2) is 23.6 Å². The van der Waals surface area contributed by atoms with Crippen LogP contribution in [0, 0.1) is 10.1 Å². The zero-order valence-electron chi connectivity index (χ0n) is 10.8. The fraction of sp³-hybridized carbons (Fsp3) is 0.500. The number of nitrogens with zero attached hydrogens (tertiary/aromatic N) is 1. The molecule has 0 heterocycles. The van der Waals surface area contributed by atoms with Gasteiger partial charge in [0.15, 0.2) is 0 Å². The minimum absolute atomic E-state index is 0.0710. The Morgan fingerprint density at radius 1 is 1.33 bits per heavy atom. The van der Waals surface area contributed by atoms with Gasteiger partial charge in [-0.2, -0.15) is 0 Å². The average Bonchev–Trinajstić information content (AvgIpc) is 2.24. The first-order chi connectivity index (χ1) is 8.29. The molecule has 0 aromatic heterocycles. The number of nitro benzene ring substituents is 1. The third-order valence-electron chi connectivity index (χ3n) is 2.26. The Balaban J connectivity index is 2.56. The van der Waals surface area contributed by atoms with Gasteiger partial charge < -0.3 is 10.6 Å². The Labute approximate surface area is 115 Å². The van der Waals surface area contributed by atoms with Gasteiger partial charge in [-0.25, -0.2) is 0 Å². The number of halogens is 1. The van der Waals surface area contributed by atoms with Crippen molar-refractivity contribution in [2.75, 3.05) is 18.4 Å². The molecule has 0 bridgehead atoms. The SMILES string of the molecule is CC(C)(C)NCCNc1cc([N+](=O)[O-])ccc1Br. The third kappa shape index (κ3) is 5.01. The van der Waals surface area contributed by atoms with Crippen LogP contribution in [0.4, 0.5) is 11.4 Å². The highest BCUT2D eigenvalue weighted by atomic mass is 79.9. The van der Waals surface area contributed by atoms with Gasteiger partial charge in [-0.15, -0.1) is 0 Å². The van der Waals surface area contributed by atoms with Crippen molar-refractivity contribution in [2.45, 2.75) is 26.3 Å². The van der Waals surface area contributed by atoms with Crippen LogP contribution in [0.1, 0.15) is 20.8 Å². The van der Waals surface area contributed by atoms with Gasteiger partial charge in [0, 0.05) is 35.2 Å². The smallest absolute Gasteiger partial charge is 0.271 e. The molecule has 1 aromatic rings. The van der Waals surface area contributed by atoms with Gasteiger partial charge in [-0.1, -0.05) is 0 Å². The summed E-state index contributed by atoms with van der Waals surface area (Å²) in [5.74, 6) is 0. The molecule has 0 unspecified atom stereocenters. The predicted octanol–water partition coefficient (Wildman–Crippen LogP) is 3.16. The number of non-ortho nitro benzene ring substituents is 1. The number of hydrogen-bond donors (Lipinski definition) is 2. The maximum atomic E-state index is 10.7. The maximum absolute atomic E-state index is 10.7. The van der Waals surface area contributed by atoms with E-state index < -0.39 is 4.92 Å². The van der Waals surface area contributed by atoms with Gasteiger partial charge in [0.1, 0.15) is 0 Å². The quantitative estimate of drug-likeness (QED) is 0.497. The minimum Gasteiger partial charge on any atom is -0.383 e. The van der Waals surface area contributed by atoms with Crippen molar-refractivity contribution in [3.8, 4) is 0 Å². The number of benzene rings is 1. The lowest BCUT2D eigenvalue weighted by molar-refractivity contribution is -0.384. The van der Waals surface area contributed by atoms with E-state index >= 15 is 0 Å². The second-order valence-corrected chi connectivity index (χ2v) is 5.88. The molecule has 0 amide bonds. The number of hydrogen-bond acceptors (Lipinski definition) is 4. The molecule has 0 saturated carbocycles. The van der Waals surface area contributed by atoms with Crippen molar-refractivity contribution in [1.82, 2.24) is 5.32 Å². The van der Waals surface area contributed by atoms with E-state index in [0.29, 0.717) is 6.54 Å². The first kappa shape index (κ1) is 14.9. The molecule has 100 valence electrons. The molecule has 0 aliphatic rings. The summed E-state index contributed by atoms with van der Waals surface area (Å²) in [6.07, 6.45) is 0. The Morgan fingerprint density at radius 2 is 2.00 bits per heavy atom. The minimum atomic E-state index is -0.398. The third-order valence-corrected chi connectivity index (χ3v) is 2.95. The normalized spacial score (nSPS) is 11.3. The molecular weight excluding hydrogens is 298 g/mol. The maximum Gasteiger partial charge on any atom is 0.271 e. The van der Waals surface area contributed by atoms with Crippen LogP contribution in [0.25, 0.3) is 0 Å². The topological polar surface area (TPSA) is 67.2 Å². The standard InChI is InChI=1S/C12H18BrN3O2/c1-12(2,3)15-7-6-14-11-8-9(16(17)18)4-5-10(11)13/h4-5,8,14-15H,6-7H2,1-3H3. The van der Waals surface area contributed by atoms with E-state index in [1.165, 1.54) is 12.1 Å². The van der Waals surface area contributed by atoms with Crippen molar-refractivity contribution in [1.29, 1.82) is 0 Å². The molecule has 0 atom stereocenters. The van der Waals surface area contributed by atoms with Crippen LogP contribution in [-0.2, 0) is 0 Å². The van der Waals surface area contributed by atoms with Gasteiger partial charge in [0.25, 0.3) is 5.69 Å². The molecule has 1 rings (SSSR count). The molecule has 0 saturated heterocycles. The summed E-state index contributed by atoms with van der Waals surface area (Å²) >= 11 is 3.37. The summed E-state index contributed by atoms with van der Waals surface area (Å²) in [7, 11) is 0. The van der Waals surface area contributed by atoms with E-state index in [-0.39, 0.29) is 11.2 Å². The van der Waals surface area contributed by atoms with Gasteiger partial charge >= 0.3 is 0 Å². The van der Waals surface area contributed by atoms with Crippen LogP contribution < -0.4 is 10.6 Å². The van der Waals surface area contributed by atoms with Gasteiger partial charge in [0.05, 0.1) is 10.6 Å². The fourth-order valence-corrected chi connectivity index (χ4v) is 1.78. The average molecular weight is 316 g/mol. The van der Waals surface area contributed by atoms with Crippen LogP contribution in [0.15, 0.2) is 22.7 Å². The van der Waals surface area contributed by atoms with E-state index in [1.54, 1.807) is 6.07 Å². The summed E-state index contributed by atoms with van der Waals surface area (Å²) in [6, 6.07) is 4.68. The van der Waals surface area contributed by atoms with Gasteiger partial charge in [-0.3, -0.25) is 10.1 Å².